The summed E-state index contributed by atoms with van der Waals surface area (Å²) in [5.74, 6) is -0.770. The molecule has 0 unspecified atom stereocenters. The SMILES string of the molecule is CC[C@@H](Oc1cccc(Cn2c(C)c(C(=O)c3ccc(Cl)cc3)c3ccc(OC(F)(F)F)cc32)c1)C(=O)OC. The van der Waals surface area contributed by atoms with Crippen molar-refractivity contribution in [3.63, 3.8) is 0 Å². The maximum absolute atomic E-state index is 13.5. The van der Waals surface area contributed by atoms with Crippen LogP contribution in [0.2, 0.25) is 5.02 Å². The molecule has 6 nitrogen and oxygen atoms in total. The van der Waals surface area contributed by atoms with Gasteiger partial charge >= 0.3 is 12.3 Å². The van der Waals surface area contributed by atoms with E-state index in [9.17, 15) is 22.8 Å². The molecule has 1 heterocycles. The van der Waals surface area contributed by atoms with Crippen molar-refractivity contribution in [2.75, 3.05) is 7.11 Å². The second-order valence-corrected chi connectivity index (χ2v) is 9.23. The number of carbonyl (C=O) groups excluding carboxylic acids is 2. The van der Waals surface area contributed by atoms with E-state index in [0.29, 0.717) is 44.9 Å². The Morgan fingerprint density at radius 2 is 1.72 bits per heavy atom. The van der Waals surface area contributed by atoms with E-state index in [-0.39, 0.29) is 12.3 Å². The number of methoxy groups -OCH3 is 1. The van der Waals surface area contributed by atoms with Gasteiger partial charge in [-0.2, -0.15) is 0 Å². The highest BCUT2D eigenvalue weighted by molar-refractivity contribution is 6.30. The van der Waals surface area contributed by atoms with Gasteiger partial charge in [0.05, 0.1) is 18.2 Å². The Morgan fingerprint density at radius 1 is 1.00 bits per heavy atom. The zero-order chi connectivity index (χ0) is 28.3. The molecule has 204 valence electrons. The normalized spacial score (nSPS) is 12.3. The van der Waals surface area contributed by atoms with E-state index in [2.05, 4.69) is 4.74 Å². The number of rotatable bonds is 9. The molecule has 3 aromatic carbocycles. The number of halogens is 4. The van der Waals surface area contributed by atoms with E-state index in [4.69, 9.17) is 21.1 Å². The quantitative estimate of drug-likeness (QED) is 0.161. The summed E-state index contributed by atoms with van der Waals surface area (Å²) in [6, 6.07) is 17.3. The molecule has 0 aliphatic carbocycles. The van der Waals surface area contributed by atoms with Crippen molar-refractivity contribution in [1.29, 1.82) is 0 Å². The molecule has 0 bridgehead atoms. The molecule has 0 saturated heterocycles. The lowest BCUT2D eigenvalue weighted by atomic mass is 10.0. The van der Waals surface area contributed by atoms with Gasteiger partial charge in [0, 0.05) is 34.3 Å². The van der Waals surface area contributed by atoms with Crippen molar-refractivity contribution in [3.8, 4) is 11.5 Å². The van der Waals surface area contributed by atoms with E-state index in [1.165, 1.54) is 25.3 Å². The van der Waals surface area contributed by atoms with Crippen molar-refractivity contribution >= 4 is 34.3 Å². The molecular formula is C29H25ClF3NO5. The number of nitrogens with zero attached hydrogens (tertiary/aromatic N) is 1. The summed E-state index contributed by atoms with van der Waals surface area (Å²) in [7, 11) is 1.28. The Bertz CT molecular complexity index is 1510. The number of aromatic nitrogens is 1. The van der Waals surface area contributed by atoms with Crippen molar-refractivity contribution in [2.45, 2.75) is 39.3 Å². The van der Waals surface area contributed by atoms with E-state index < -0.39 is 24.2 Å². The number of hydrogen-bond donors (Lipinski definition) is 0. The van der Waals surface area contributed by atoms with E-state index in [1.54, 1.807) is 60.9 Å². The fourth-order valence-corrected chi connectivity index (χ4v) is 4.51. The van der Waals surface area contributed by atoms with Gasteiger partial charge in [-0.05, 0) is 67.4 Å². The summed E-state index contributed by atoms with van der Waals surface area (Å²) < 4.78 is 55.4. The first-order valence-corrected chi connectivity index (χ1v) is 12.4. The van der Waals surface area contributed by atoms with Gasteiger partial charge in [-0.15, -0.1) is 13.2 Å². The number of esters is 1. The first kappa shape index (κ1) is 28.0. The molecule has 4 aromatic rings. The van der Waals surface area contributed by atoms with Crippen LogP contribution in [0.3, 0.4) is 0 Å². The number of ketones is 1. The van der Waals surface area contributed by atoms with Gasteiger partial charge in [-0.3, -0.25) is 4.79 Å². The Morgan fingerprint density at radius 3 is 2.36 bits per heavy atom. The molecule has 0 amide bonds. The molecule has 10 heteroatoms. The lowest BCUT2D eigenvalue weighted by molar-refractivity contribution is -0.274. The first-order chi connectivity index (χ1) is 18.5. The topological polar surface area (TPSA) is 66.8 Å². The van der Waals surface area contributed by atoms with Crippen LogP contribution in [0, 0.1) is 6.92 Å². The molecule has 0 fully saturated rings. The Kier molecular flexibility index (Phi) is 8.20. The minimum atomic E-state index is -4.87. The summed E-state index contributed by atoms with van der Waals surface area (Å²) in [6.07, 6.45) is -5.26. The third kappa shape index (κ3) is 6.37. The van der Waals surface area contributed by atoms with Crippen LogP contribution in [0.25, 0.3) is 10.9 Å². The number of hydrogen-bond acceptors (Lipinski definition) is 5. The molecule has 4 rings (SSSR count). The largest absolute Gasteiger partial charge is 0.573 e. The van der Waals surface area contributed by atoms with E-state index in [1.807, 2.05) is 6.07 Å². The van der Waals surface area contributed by atoms with Gasteiger partial charge in [-0.25, -0.2) is 4.79 Å². The second kappa shape index (κ2) is 11.4. The number of alkyl halides is 3. The molecule has 0 aliphatic rings. The number of carbonyl (C=O) groups is 2. The van der Waals surface area contributed by atoms with Crippen LogP contribution in [-0.2, 0) is 16.1 Å². The zero-order valence-electron chi connectivity index (χ0n) is 21.3. The van der Waals surface area contributed by atoms with Crippen molar-refractivity contribution in [2.24, 2.45) is 0 Å². The maximum Gasteiger partial charge on any atom is 0.573 e. The van der Waals surface area contributed by atoms with Crippen LogP contribution in [0.4, 0.5) is 13.2 Å². The molecule has 0 radical (unpaired) electrons. The van der Waals surface area contributed by atoms with E-state index >= 15 is 0 Å². The number of fused-ring (bicyclic) bond motifs is 1. The van der Waals surface area contributed by atoms with Crippen LogP contribution >= 0.6 is 11.6 Å². The monoisotopic (exact) mass is 559 g/mol. The molecule has 0 N–H and O–H groups in total. The smallest absolute Gasteiger partial charge is 0.479 e. The van der Waals surface area contributed by atoms with Crippen LogP contribution in [-0.4, -0.2) is 35.9 Å². The minimum absolute atomic E-state index is 0.206. The van der Waals surface area contributed by atoms with Gasteiger partial charge in [0.2, 0.25) is 0 Å². The van der Waals surface area contributed by atoms with Gasteiger partial charge in [0.25, 0.3) is 0 Å². The molecule has 1 aromatic heterocycles. The van der Waals surface area contributed by atoms with Crippen LogP contribution < -0.4 is 9.47 Å². The summed E-state index contributed by atoms with van der Waals surface area (Å²) >= 11 is 5.98. The van der Waals surface area contributed by atoms with Gasteiger partial charge in [-0.1, -0.05) is 30.7 Å². The standard InChI is InChI=1S/C29H25ClF3NO5/c1-4-25(28(36)37-3)38-21-7-5-6-18(14-21)16-34-17(2)26(27(35)19-8-10-20(30)11-9-19)23-13-12-22(15-24(23)34)39-29(31,32)33/h5-15,25H,4,16H2,1-3H3/t25-/m1/s1. The summed E-state index contributed by atoms with van der Waals surface area (Å²) in [5.41, 5.74) is 2.43. The first-order valence-electron chi connectivity index (χ1n) is 12.0. The molecule has 0 aliphatic heterocycles. The summed E-state index contributed by atoms with van der Waals surface area (Å²) in [6.45, 7) is 3.73. The van der Waals surface area contributed by atoms with Crippen molar-refractivity contribution in [3.05, 3.63) is 94.1 Å². The highest BCUT2D eigenvalue weighted by atomic mass is 35.5. The highest BCUT2D eigenvalue weighted by Crippen LogP contribution is 2.34. The lowest BCUT2D eigenvalue weighted by Crippen LogP contribution is -2.27. The van der Waals surface area contributed by atoms with Gasteiger partial charge in [0.1, 0.15) is 11.5 Å². The number of benzene rings is 3. The Labute approximate surface area is 227 Å². The average molecular weight is 560 g/mol. The highest BCUT2D eigenvalue weighted by Gasteiger charge is 2.32. The summed E-state index contributed by atoms with van der Waals surface area (Å²) in [5, 5.41) is 0.949. The number of ether oxygens (including phenoxy) is 3. The van der Waals surface area contributed by atoms with Gasteiger partial charge < -0.3 is 18.8 Å². The predicted molar refractivity (Wildman–Crippen MR) is 141 cm³/mol. The van der Waals surface area contributed by atoms with E-state index in [0.717, 1.165) is 5.56 Å². The average Bonchev–Trinajstić information content (AvgIpc) is 3.16. The third-order valence-corrected chi connectivity index (χ3v) is 6.47. The van der Waals surface area contributed by atoms with Crippen LogP contribution in [0.15, 0.2) is 66.7 Å². The predicted octanol–water partition coefficient (Wildman–Crippen LogP) is 7.11. The van der Waals surface area contributed by atoms with Crippen molar-refractivity contribution in [1.82, 2.24) is 4.57 Å². The summed E-state index contributed by atoms with van der Waals surface area (Å²) in [4.78, 5) is 25.5. The zero-order valence-corrected chi connectivity index (χ0v) is 22.1. The molecule has 39 heavy (non-hydrogen) atoms. The molecule has 1 atom stereocenters. The Balaban J connectivity index is 1.78. The Hall–Kier alpha value is -3.98. The van der Waals surface area contributed by atoms with Gasteiger partial charge in [0.15, 0.2) is 11.9 Å². The molecule has 0 saturated carbocycles. The van der Waals surface area contributed by atoms with Crippen LogP contribution in [0.5, 0.6) is 11.5 Å². The maximum atomic E-state index is 13.5. The fourth-order valence-electron chi connectivity index (χ4n) is 4.38. The fraction of sp³-hybridized carbons (Fsp3) is 0.241. The lowest BCUT2D eigenvalue weighted by Gasteiger charge is -2.16. The van der Waals surface area contributed by atoms with Crippen LogP contribution in [0.1, 0.15) is 40.5 Å². The molecular weight excluding hydrogens is 535 g/mol. The van der Waals surface area contributed by atoms with Crippen molar-refractivity contribution < 1.29 is 37.0 Å². The second-order valence-electron chi connectivity index (χ2n) is 8.79. The minimum Gasteiger partial charge on any atom is -0.479 e. The third-order valence-electron chi connectivity index (χ3n) is 6.22. The molecule has 0 spiro atoms.